The Morgan fingerprint density at radius 2 is 2.12 bits per heavy atom. The number of aliphatic carboxylic acids is 1. The van der Waals surface area contributed by atoms with Crippen LogP contribution in [0.1, 0.15) is 5.69 Å². The summed E-state index contributed by atoms with van der Waals surface area (Å²) in [6.45, 7) is 0. The summed E-state index contributed by atoms with van der Waals surface area (Å²) >= 11 is 0. The van der Waals surface area contributed by atoms with E-state index in [4.69, 9.17) is 5.11 Å². The number of hydrogen-bond acceptors (Lipinski definition) is 3. The van der Waals surface area contributed by atoms with Gasteiger partial charge in [-0.2, -0.15) is 10.2 Å². The third kappa shape index (κ3) is 1.52. The minimum Gasteiger partial charge on any atom is -0.481 e. The van der Waals surface area contributed by atoms with Gasteiger partial charge in [0.2, 0.25) is 0 Å². The van der Waals surface area contributed by atoms with Crippen molar-refractivity contribution in [2.45, 2.75) is 6.42 Å². The smallest absolute Gasteiger partial charge is 0.309 e. The van der Waals surface area contributed by atoms with Gasteiger partial charge in [-0.15, -0.1) is 0 Å². The van der Waals surface area contributed by atoms with E-state index < -0.39 is 5.97 Å². The van der Waals surface area contributed by atoms with E-state index in [0.717, 1.165) is 21.8 Å². The van der Waals surface area contributed by atoms with Crippen molar-refractivity contribution in [3.63, 3.8) is 0 Å². The summed E-state index contributed by atoms with van der Waals surface area (Å²) in [7, 11) is 0. The molecule has 5 nitrogen and oxygen atoms in total. The van der Waals surface area contributed by atoms with Gasteiger partial charge >= 0.3 is 5.97 Å². The Hall–Kier alpha value is -2.43. The first-order chi connectivity index (χ1) is 8.25. The largest absolute Gasteiger partial charge is 0.481 e. The topological polar surface area (TPSA) is 78.9 Å². The van der Waals surface area contributed by atoms with Crippen molar-refractivity contribution in [1.29, 1.82) is 0 Å². The highest BCUT2D eigenvalue weighted by molar-refractivity contribution is 6.08. The van der Waals surface area contributed by atoms with Crippen LogP contribution in [0.4, 0.5) is 0 Å². The Bertz CT molecular complexity index is 718. The Labute approximate surface area is 96.1 Å². The minimum absolute atomic E-state index is 0.119. The molecule has 3 aromatic rings. The predicted octanol–water partition coefficient (Wildman–Crippen LogP) is 1.74. The number of benzene rings is 1. The van der Waals surface area contributed by atoms with Crippen LogP contribution in [-0.2, 0) is 11.2 Å². The number of carbonyl (C=O) groups is 1. The van der Waals surface area contributed by atoms with Gasteiger partial charge in [-0.3, -0.25) is 4.79 Å². The highest BCUT2D eigenvalue weighted by Gasteiger charge is 2.12. The number of nitrogens with zero attached hydrogens (tertiary/aromatic N) is 2. The van der Waals surface area contributed by atoms with Crippen LogP contribution in [0, 0.1) is 0 Å². The van der Waals surface area contributed by atoms with E-state index in [-0.39, 0.29) is 6.42 Å². The molecule has 2 aromatic heterocycles. The van der Waals surface area contributed by atoms with Crippen molar-refractivity contribution in [3.05, 3.63) is 36.2 Å². The first-order valence-corrected chi connectivity index (χ1v) is 5.18. The molecule has 0 saturated carbocycles. The number of H-pyrrole nitrogens is 1. The summed E-state index contributed by atoms with van der Waals surface area (Å²) in [5.74, 6) is -0.905. The van der Waals surface area contributed by atoms with Gasteiger partial charge in [0.25, 0.3) is 0 Å². The molecule has 0 unspecified atom stereocenters. The molecule has 5 heteroatoms. The van der Waals surface area contributed by atoms with E-state index in [9.17, 15) is 4.79 Å². The van der Waals surface area contributed by atoms with E-state index in [2.05, 4.69) is 15.2 Å². The first kappa shape index (κ1) is 9.77. The van der Waals surface area contributed by atoms with Gasteiger partial charge in [0.1, 0.15) is 0 Å². The summed E-state index contributed by atoms with van der Waals surface area (Å²) in [5, 5.41) is 18.4. The second-order valence-corrected chi connectivity index (χ2v) is 3.82. The average Bonchev–Trinajstić information content (AvgIpc) is 2.67. The molecule has 0 aliphatic carbocycles. The molecule has 84 valence electrons. The van der Waals surface area contributed by atoms with Crippen molar-refractivity contribution < 1.29 is 9.90 Å². The summed E-state index contributed by atoms with van der Waals surface area (Å²) in [4.78, 5) is 14.0. The summed E-state index contributed by atoms with van der Waals surface area (Å²) in [6.07, 6.45) is 1.49. The van der Waals surface area contributed by atoms with Gasteiger partial charge in [-0.05, 0) is 6.07 Å². The Morgan fingerprint density at radius 1 is 1.29 bits per heavy atom. The van der Waals surface area contributed by atoms with Crippen LogP contribution in [0.25, 0.3) is 21.8 Å². The molecule has 0 amide bonds. The molecule has 0 atom stereocenters. The van der Waals surface area contributed by atoms with E-state index in [1.807, 2.05) is 24.3 Å². The van der Waals surface area contributed by atoms with Gasteiger partial charge in [0.05, 0.1) is 23.8 Å². The molecule has 1 aromatic carbocycles. The standard InChI is InChI=1S/C12H9N3O2/c16-11(17)5-9-12-7-3-1-2-4-8(7)14-10(12)6-13-15-9/h1-4,6,14H,5H2,(H,16,17). The zero-order chi connectivity index (χ0) is 11.8. The Morgan fingerprint density at radius 3 is 2.94 bits per heavy atom. The van der Waals surface area contributed by atoms with Crippen molar-refractivity contribution in [1.82, 2.24) is 15.2 Å². The maximum atomic E-state index is 10.8. The van der Waals surface area contributed by atoms with Gasteiger partial charge in [-0.1, -0.05) is 18.2 Å². The molecule has 0 aliphatic rings. The highest BCUT2D eigenvalue weighted by atomic mass is 16.4. The number of carboxylic acid groups (broad SMARTS) is 1. The zero-order valence-electron chi connectivity index (χ0n) is 8.84. The van der Waals surface area contributed by atoms with Crippen molar-refractivity contribution in [3.8, 4) is 0 Å². The van der Waals surface area contributed by atoms with Crippen LogP contribution in [0.2, 0.25) is 0 Å². The third-order valence-electron chi connectivity index (χ3n) is 2.71. The molecule has 2 N–H and O–H groups in total. The first-order valence-electron chi connectivity index (χ1n) is 5.18. The SMILES string of the molecule is O=C(O)Cc1nncc2[nH]c3ccccc3c12. The van der Waals surface area contributed by atoms with Gasteiger partial charge in [0, 0.05) is 16.3 Å². The predicted molar refractivity (Wildman–Crippen MR) is 62.7 cm³/mol. The quantitative estimate of drug-likeness (QED) is 0.698. The second-order valence-electron chi connectivity index (χ2n) is 3.82. The summed E-state index contributed by atoms with van der Waals surface area (Å²) in [5.41, 5.74) is 2.27. The zero-order valence-corrected chi connectivity index (χ0v) is 8.84. The molecule has 0 fully saturated rings. The molecule has 17 heavy (non-hydrogen) atoms. The lowest BCUT2D eigenvalue weighted by molar-refractivity contribution is -0.136. The number of nitrogens with one attached hydrogen (secondary N) is 1. The molecule has 0 spiro atoms. The van der Waals surface area contributed by atoms with E-state index >= 15 is 0 Å². The molecule has 0 saturated heterocycles. The average molecular weight is 227 g/mol. The van der Waals surface area contributed by atoms with Crippen molar-refractivity contribution >= 4 is 27.8 Å². The molecular formula is C12H9N3O2. The third-order valence-corrected chi connectivity index (χ3v) is 2.71. The number of aromatic nitrogens is 3. The van der Waals surface area contributed by atoms with Crippen LogP contribution in [-0.4, -0.2) is 26.3 Å². The van der Waals surface area contributed by atoms with Crippen LogP contribution in [0.5, 0.6) is 0 Å². The number of para-hydroxylation sites is 1. The van der Waals surface area contributed by atoms with E-state index in [1.54, 1.807) is 6.20 Å². The molecular weight excluding hydrogens is 218 g/mol. The number of hydrogen-bond donors (Lipinski definition) is 2. The lowest BCUT2D eigenvalue weighted by atomic mass is 10.1. The fourth-order valence-electron chi connectivity index (χ4n) is 2.04. The molecule has 0 bridgehead atoms. The lowest BCUT2D eigenvalue weighted by Gasteiger charge is -1.97. The lowest BCUT2D eigenvalue weighted by Crippen LogP contribution is -2.03. The number of rotatable bonds is 2. The second kappa shape index (κ2) is 3.55. The molecule has 2 heterocycles. The summed E-state index contributed by atoms with van der Waals surface area (Å²) in [6, 6.07) is 7.73. The number of aromatic amines is 1. The fraction of sp³-hybridized carbons (Fsp3) is 0.0833. The van der Waals surface area contributed by atoms with Crippen LogP contribution in [0.3, 0.4) is 0 Å². The highest BCUT2D eigenvalue weighted by Crippen LogP contribution is 2.26. The number of fused-ring (bicyclic) bond motifs is 3. The van der Waals surface area contributed by atoms with Gasteiger partial charge < -0.3 is 10.1 Å². The monoisotopic (exact) mass is 227 g/mol. The Balaban J connectivity index is 2.39. The minimum atomic E-state index is -0.905. The van der Waals surface area contributed by atoms with Crippen LogP contribution >= 0.6 is 0 Å². The van der Waals surface area contributed by atoms with Gasteiger partial charge in [0.15, 0.2) is 0 Å². The van der Waals surface area contributed by atoms with Gasteiger partial charge in [-0.25, -0.2) is 0 Å². The van der Waals surface area contributed by atoms with Crippen molar-refractivity contribution in [2.24, 2.45) is 0 Å². The maximum Gasteiger partial charge on any atom is 0.309 e. The van der Waals surface area contributed by atoms with E-state index in [0.29, 0.717) is 5.69 Å². The van der Waals surface area contributed by atoms with Crippen LogP contribution in [0.15, 0.2) is 30.5 Å². The van der Waals surface area contributed by atoms with Crippen LogP contribution < -0.4 is 0 Å². The molecule has 3 rings (SSSR count). The fourth-order valence-corrected chi connectivity index (χ4v) is 2.04. The summed E-state index contributed by atoms with van der Waals surface area (Å²) < 4.78 is 0. The molecule has 0 radical (unpaired) electrons. The van der Waals surface area contributed by atoms with E-state index in [1.165, 1.54) is 0 Å². The molecule has 0 aliphatic heterocycles. The Kier molecular flexibility index (Phi) is 2.04. The normalized spacial score (nSPS) is 11.1. The number of carboxylic acids is 1. The van der Waals surface area contributed by atoms with Crippen molar-refractivity contribution in [2.75, 3.05) is 0 Å². The maximum absolute atomic E-state index is 10.8.